The van der Waals surface area contributed by atoms with Crippen molar-refractivity contribution < 1.29 is 4.74 Å². The molecule has 0 amide bonds. The fraction of sp³-hybridized carbons (Fsp3) is 0.0189. The third-order valence-electron chi connectivity index (χ3n) is 11.5. The summed E-state index contributed by atoms with van der Waals surface area (Å²) in [6, 6.07) is 70.3. The second-order valence-corrected chi connectivity index (χ2v) is 14.8. The van der Waals surface area contributed by atoms with Crippen molar-refractivity contribution in [2.45, 2.75) is 5.41 Å². The van der Waals surface area contributed by atoms with E-state index < -0.39 is 5.41 Å². The molecule has 4 nitrogen and oxygen atoms in total. The van der Waals surface area contributed by atoms with Crippen LogP contribution >= 0.6 is 0 Å². The van der Waals surface area contributed by atoms with E-state index in [9.17, 15) is 0 Å². The van der Waals surface area contributed by atoms with Crippen molar-refractivity contribution in [1.29, 1.82) is 0 Å². The van der Waals surface area contributed by atoms with Crippen molar-refractivity contribution in [3.05, 3.63) is 222 Å². The Hall–Kier alpha value is -7.56. The van der Waals surface area contributed by atoms with Gasteiger partial charge in [0.05, 0.1) is 16.8 Å². The lowest BCUT2D eigenvalue weighted by atomic mass is 9.66. The minimum absolute atomic E-state index is 0.583. The van der Waals surface area contributed by atoms with Crippen molar-refractivity contribution in [2.24, 2.45) is 0 Å². The lowest BCUT2D eigenvalue weighted by Gasteiger charge is -2.39. The van der Waals surface area contributed by atoms with Gasteiger partial charge in [-0.25, -0.2) is 9.97 Å². The number of anilines is 1. The third kappa shape index (κ3) is 5.30. The second kappa shape index (κ2) is 13.0. The molecule has 0 saturated heterocycles. The zero-order chi connectivity index (χ0) is 37.9. The van der Waals surface area contributed by atoms with Crippen LogP contribution in [0.25, 0.3) is 67.3 Å². The summed E-state index contributed by atoms with van der Waals surface area (Å²) >= 11 is 0. The van der Waals surface area contributed by atoms with Gasteiger partial charge in [-0.05, 0) is 87.0 Å². The lowest BCUT2D eigenvalue weighted by Crippen LogP contribution is -2.32. The summed E-state index contributed by atoms with van der Waals surface area (Å²) in [5.74, 6) is 2.42. The van der Waals surface area contributed by atoms with Crippen molar-refractivity contribution in [1.82, 2.24) is 9.97 Å². The number of nitrogens with two attached hydrogens (primary N) is 1. The van der Waals surface area contributed by atoms with Gasteiger partial charge in [0.25, 0.3) is 0 Å². The first-order valence-corrected chi connectivity index (χ1v) is 19.3. The lowest BCUT2D eigenvalue weighted by molar-refractivity contribution is 0.436. The molecule has 268 valence electrons. The molecule has 9 aromatic rings. The highest BCUT2D eigenvalue weighted by Gasteiger charge is 2.51. The highest BCUT2D eigenvalue weighted by molar-refractivity contribution is 5.92. The van der Waals surface area contributed by atoms with Gasteiger partial charge in [-0.15, -0.1) is 0 Å². The predicted molar refractivity (Wildman–Crippen MR) is 231 cm³/mol. The van der Waals surface area contributed by atoms with E-state index in [2.05, 4.69) is 164 Å². The quantitative estimate of drug-likeness (QED) is 0.179. The number of rotatable bonds is 5. The predicted octanol–water partition coefficient (Wildman–Crippen LogP) is 12.9. The first kappa shape index (κ1) is 32.8. The molecule has 2 N–H and O–H groups in total. The van der Waals surface area contributed by atoms with Gasteiger partial charge in [0, 0.05) is 33.5 Å². The van der Waals surface area contributed by atoms with Crippen LogP contribution < -0.4 is 10.5 Å². The molecule has 1 spiro atoms. The second-order valence-electron chi connectivity index (χ2n) is 14.8. The first-order valence-electron chi connectivity index (χ1n) is 19.3. The molecule has 0 unspecified atom stereocenters. The molecule has 11 rings (SSSR count). The van der Waals surface area contributed by atoms with Gasteiger partial charge in [0.15, 0.2) is 5.82 Å². The maximum atomic E-state index is 6.61. The van der Waals surface area contributed by atoms with E-state index in [1.54, 1.807) is 0 Å². The molecule has 0 fully saturated rings. The molecule has 1 aliphatic heterocycles. The number of hydrogen-bond donors (Lipinski definition) is 1. The Morgan fingerprint density at radius 1 is 0.351 bits per heavy atom. The summed E-state index contributed by atoms with van der Waals surface area (Å²) in [5.41, 5.74) is 22.7. The summed E-state index contributed by atoms with van der Waals surface area (Å²) in [5, 5.41) is 0. The normalized spacial score (nSPS) is 12.9. The average molecular weight is 730 g/mol. The molecule has 57 heavy (non-hydrogen) atoms. The van der Waals surface area contributed by atoms with E-state index in [4.69, 9.17) is 20.4 Å². The molecule has 1 aromatic heterocycles. The maximum absolute atomic E-state index is 6.61. The number of nitrogen functional groups attached to an aromatic ring is 1. The van der Waals surface area contributed by atoms with Crippen LogP contribution in [0.1, 0.15) is 22.3 Å². The van der Waals surface area contributed by atoms with Crippen LogP contribution in [-0.4, -0.2) is 9.97 Å². The fourth-order valence-corrected chi connectivity index (χ4v) is 8.85. The summed E-state index contributed by atoms with van der Waals surface area (Å²) in [7, 11) is 0. The Bertz CT molecular complexity index is 2930. The van der Waals surface area contributed by atoms with Gasteiger partial charge < -0.3 is 10.5 Å². The van der Waals surface area contributed by atoms with Crippen LogP contribution in [0.3, 0.4) is 0 Å². The molecule has 0 bridgehead atoms. The molecule has 0 radical (unpaired) electrons. The highest BCUT2D eigenvalue weighted by Crippen LogP contribution is 2.62. The zero-order valence-electron chi connectivity index (χ0n) is 30.9. The summed E-state index contributed by atoms with van der Waals surface area (Å²) < 4.78 is 6.61. The van der Waals surface area contributed by atoms with Crippen LogP contribution in [0.5, 0.6) is 11.5 Å². The van der Waals surface area contributed by atoms with E-state index in [-0.39, 0.29) is 0 Å². The Kier molecular flexibility index (Phi) is 7.51. The minimum Gasteiger partial charge on any atom is -0.457 e. The van der Waals surface area contributed by atoms with Crippen molar-refractivity contribution in [2.75, 3.05) is 5.73 Å². The Labute approximate surface area is 331 Å². The molecule has 2 aliphatic rings. The average Bonchev–Trinajstić information content (AvgIpc) is 3.56. The Morgan fingerprint density at radius 2 is 0.789 bits per heavy atom. The van der Waals surface area contributed by atoms with E-state index in [1.807, 2.05) is 36.4 Å². The number of ether oxygens (including phenoxy) is 1. The van der Waals surface area contributed by atoms with Crippen molar-refractivity contribution in [3.8, 4) is 78.8 Å². The third-order valence-corrected chi connectivity index (χ3v) is 11.5. The molecule has 1 aliphatic carbocycles. The van der Waals surface area contributed by atoms with Crippen LogP contribution in [0.4, 0.5) is 5.69 Å². The fourth-order valence-electron chi connectivity index (χ4n) is 8.85. The van der Waals surface area contributed by atoms with E-state index >= 15 is 0 Å². The van der Waals surface area contributed by atoms with Crippen LogP contribution in [0, 0.1) is 0 Å². The van der Waals surface area contributed by atoms with Crippen molar-refractivity contribution >= 4 is 5.69 Å². The van der Waals surface area contributed by atoms with Gasteiger partial charge >= 0.3 is 0 Å². The SMILES string of the molecule is Nc1ccc(-c2ccc3c(c2)-c2cc(-c4cc(-c5ccc(-c6ccccc6)cc5)nc(-c5ccccc5)n4)ccc2C32c3ccccc3Oc3ccccc32)cc1. The maximum Gasteiger partial charge on any atom is 0.160 e. The largest absolute Gasteiger partial charge is 0.457 e. The zero-order valence-corrected chi connectivity index (χ0v) is 30.9. The molecular formula is C53H35N3O. The number of nitrogens with zero attached hydrogens (tertiary/aromatic N) is 2. The smallest absolute Gasteiger partial charge is 0.160 e. The summed E-state index contributed by atoms with van der Waals surface area (Å²) in [4.78, 5) is 10.4. The molecule has 0 atom stereocenters. The molecular weight excluding hydrogens is 695 g/mol. The van der Waals surface area contributed by atoms with E-state index in [1.165, 1.54) is 27.8 Å². The summed E-state index contributed by atoms with van der Waals surface area (Å²) in [6.07, 6.45) is 0. The molecule has 2 heterocycles. The molecule has 0 saturated carbocycles. The Balaban J connectivity index is 1.13. The van der Waals surface area contributed by atoms with E-state index in [0.717, 1.165) is 73.1 Å². The first-order chi connectivity index (χ1) is 28.1. The molecule has 8 aromatic carbocycles. The Morgan fingerprint density at radius 3 is 1.42 bits per heavy atom. The van der Waals surface area contributed by atoms with Crippen molar-refractivity contribution in [3.63, 3.8) is 0 Å². The van der Waals surface area contributed by atoms with Gasteiger partial charge in [-0.2, -0.15) is 0 Å². The summed E-state index contributed by atoms with van der Waals surface area (Å²) in [6.45, 7) is 0. The standard InChI is InChI=1S/C53H35N3O/c54-41-27-23-36(24-28-41)39-25-29-44-42(31-39)43-32-40(26-30-45(43)53(44)46-15-7-9-17-50(46)57-51-18-10-8-16-47(51)53)49-33-48(55-52(56-49)38-13-5-2-6-14-38)37-21-19-35(20-22-37)34-11-3-1-4-12-34/h1-33H,54H2. The monoisotopic (exact) mass is 729 g/mol. The number of hydrogen-bond acceptors (Lipinski definition) is 4. The number of para-hydroxylation sites is 2. The van der Waals surface area contributed by atoms with Gasteiger partial charge in [0.1, 0.15) is 11.5 Å². The number of fused-ring (bicyclic) bond motifs is 9. The van der Waals surface area contributed by atoms with Crippen LogP contribution in [0.2, 0.25) is 0 Å². The van der Waals surface area contributed by atoms with Gasteiger partial charge in [0.2, 0.25) is 0 Å². The topological polar surface area (TPSA) is 61.0 Å². The van der Waals surface area contributed by atoms with Gasteiger partial charge in [-0.1, -0.05) is 158 Å². The van der Waals surface area contributed by atoms with E-state index in [0.29, 0.717) is 5.82 Å². The van der Waals surface area contributed by atoms with Crippen LogP contribution in [-0.2, 0) is 5.41 Å². The highest BCUT2D eigenvalue weighted by atomic mass is 16.5. The van der Waals surface area contributed by atoms with Crippen LogP contribution in [0.15, 0.2) is 200 Å². The minimum atomic E-state index is -0.583. The van der Waals surface area contributed by atoms with Gasteiger partial charge in [-0.3, -0.25) is 0 Å². The molecule has 4 heteroatoms. The number of benzene rings is 8. The number of aromatic nitrogens is 2.